The van der Waals surface area contributed by atoms with Crippen molar-refractivity contribution in [1.29, 1.82) is 0 Å². The van der Waals surface area contributed by atoms with Crippen molar-refractivity contribution in [2.75, 3.05) is 27.4 Å². The van der Waals surface area contributed by atoms with Crippen molar-refractivity contribution in [2.24, 2.45) is 0 Å². The smallest absolute Gasteiger partial charge is 0.364 e. The van der Waals surface area contributed by atoms with E-state index < -0.39 is 8.56 Å². The maximum atomic E-state index is 5.72. The van der Waals surface area contributed by atoms with Gasteiger partial charge in [0.25, 0.3) is 0 Å². The molecule has 0 saturated carbocycles. The first-order chi connectivity index (χ1) is 7.12. The molecule has 1 rings (SSSR count). The third kappa shape index (κ3) is 4.20. The summed E-state index contributed by atoms with van der Waals surface area (Å²) in [6.45, 7) is 5.73. The fourth-order valence-electron chi connectivity index (χ4n) is 1.37. The van der Waals surface area contributed by atoms with Gasteiger partial charge in [0.05, 0.1) is 18.4 Å². The minimum atomic E-state index is -2.12. The van der Waals surface area contributed by atoms with E-state index in [4.69, 9.17) is 18.3 Å². The quantitative estimate of drug-likeness (QED) is 0.362. The zero-order valence-corrected chi connectivity index (χ0v) is 11.1. The molecule has 1 fully saturated rings. The molecule has 1 aliphatic rings. The highest BCUT2D eigenvalue weighted by molar-refractivity contribution is 6.67. The van der Waals surface area contributed by atoms with Gasteiger partial charge in [-0.15, -0.1) is 0 Å². The monoisotopic (exact) mass is 234 g/mol. The number of hydrogen-bond acceptors (Lipinski definition) is 4. The first kappa shape index (κ1) is 13.1. The third-order valence-corrected chi connectivity index (χ3v) is 6.25. The molecule has 0 aliphatic carbocycles. The lowest BCUT2D eigenvalue weighted by atomic mass is 10.3. The van der Waals surface area contributed by atoms with Crippen molar-refractivity contribution in [3.05, 3.63) is 0 Å². The molecule has 0 spiro atoms. The van der Waals surface area contributed by atoms with E-state index in [1.165, 1.54) is 0 Å². The average molecular weight is 234 g/mol. The molecular weight excluding hydrogens is 212 g/mol. The van der Waals surface area contributed by atoms with Gasteiger partial charge in [0.2, 0.25) is 0 Å². The van der Waals surface area contributed by atoms with E-state index in [1.807, 2.05) is 13.5 Å². The van der Waals surface area contributed by atoms with Crippen molar-refractivity contribution >= 4 is 8.56 Å². The van der Waals surface area contributed by atoms with Crippen LogP contribution in [0.1, 0.15) is 19.8 Å². The van der Waals surface area contributed by atoms with Gasteiger partial charge in [0, 0.05) is 20.8 Å². The molecule has 0 aromatic rings. The van der Waals surface area contributed by atoms with Gasteiger partial charge in [0.1, 0.15) is 0 Å². The molecule has 0 aromatic heterocycles. The zero-order valence-electron chi connectivity index (χ0n) is 10.1. The Labute approximate surface area is 93.1 Å². The van der Waals surface area contributed by atoms with E-state index in [-0.39, 0.29) is 5.73 Å². The molecular formula is C10H22O4Si. The molecule has 0 aromatic carbocycles. The molecule has 15 heavy (non-hydrogen) atoms. The van der Waals surface area contributed by atoms with Gasteiger partial charge >= 0.3 is 8.56 Å². The highest BCUT2D eigenvalue weighted by atomic mass is 28.4. The second-order valence-corrected chi connectivity index (χ2v) is 7.70. The molecule has 0 amide bonds. The van der Waals surface area contributed by atoms with Crippen molar-refractivity contribution in [3.8, 4) is 0 Å². The SMILES string of the molecule is CO[Si](C)(OC)C(C)OCCCC1CO1. The fraction of sp³-hybridized carbons (Fsp3) is 1.00. The van der Waals surface area contributed by atoms with Crippen LogP contribution in [0.5, 0.6) is 0 Å². The van der Waals surface area contributed by atoms with Gasteiger partial charge < -0.3 is 18.3 Å². The van der Waals surface area contributed by atoms with Crippen LogP contribution in [-0.4, -0.2) is 47.8 Å². The summed E-state index contributed by atoms with van der Waals surface area (Å²) in [7, 11) is 1.26. The number of rotatable bonds is 8. The first-order valence-electron chi connectivity index (χ1n) is 5.46. The van der Waals surface area contributed by atoms with Crippen LogP contribution in [0.3, 0.4) is 0 Å². The van der Waals surface area contributed by atoms with Crippen LogP contribution < -0.4 is 0 Å². The van der Waals surface area contributed by atoms with E-state index >= 15 is 0 Å². The first-order valence-corrected chi connectivity index (χ1v) is 7.85. The Morgan fingerprint density at radius 2 is 2.00 bits per heavy atom. The van der Waals surface area contributed by atoms with Crippen LogP contribution in [0.2, 0.25) is 6.55 Å². The standard InChI is InChI=1S/C10H22O4Si/c1-9(15(4,11-2)12-3)13-7-5-6-10-8-14-10/h9-10H,5-8H2,1-4H3. The van der Waals surface area contributed by atoms with Crippen LogP contribution >= 0.6 is 0 Å². The largest absolute Gasteiger partial charge is 0.396 e. The molecule has 1 heterocycles. The summed E-state index contributed by atoms with van der Waals surface area (Å²) in [6.07, 6.45) is 2.65. The molecule has 2 atom stereocenters. The molecule has 0 N–H and O–H groups in total. The Bertz CT molecular complexity index is 180. The second-order valence-electron chi connectivity index (χ2n) is 4.03. The number of hydrogen-bond donors (Lipinski definition) is 0. The summed E-state index contributed by atoms with van der Waals surface area (Å²) in [5.41, 5.74) is 0.0626. The van der Waals surface area contributed by atoms with Gasteiger partial charge in [-0.05, 0) is 26.3 Å². The number of ether oxygens (including phenoxy) is 2. The maximum Gasteiger partial charge on any atom is 0.364 e. The predicted octanol–water partition coefficient (Wildman–Crippen LogP) is 1.47. The van der Waals surface area contributed by atoms with Crippen molar-refractivity contribution in [2.45, 2.75) is 38.1 Å². The van der Waals surface area contributed by atoms with Gasteiger partial charge in [-0.25, -0.2) is 0 Å². The van der Waals surface area contributed by atoms with Crippen molar-refractivity contribution in [3.63, 3.8) is 0 Å². The molecule has 90 valence electrons. The Kier molecular flexibility index (Phi) is 5.21. The van der Waals surface area contributed by atoms with Crippen LogP contribution in [0, 0.1) is 0 Å². The normalized spacial score (nSPS) is 22.8. The van der Waals surface area contributed by atoms with Crippen molar-refractivity contribution < 1.29 is 18.3 Å². The summed E-state index contributed by atoms with van der Waals surface area (Å²) in [5.74, 6) is 0. The molecule has 5 heteroatoms. The number of epoxide rings is 1. The highest BCUT2D eigenvalue weighted by Crippen LogP contribution is 2.17. The minimum Gasteiger partial charge on any atom is -0.396 e. The average Bonchev–Trinajstić information content (AvgIpc) is 3.06. The summed E-state index contributed by atoms with van der Waals surface area (Å²) in [5, 5.41) is 0. The van der Waals surface area contributed by atoms with Gasteiger partial charge in [-0.2, -0.15) is 0 Å². The lowest BCUT2D eigenvalue weighted by molar-refractivity contribution is 0.0673. The molecule has 0 bridgehead atoms. The third-order valence-electron chi connectivity index (χ3n) is 2.99. The van der Waals surface area contributed by atoms with E-state index in [9.17, 15) is 0 Å². The topological polar surface area (TPSA) is 40.2 Å². The Morgan fingerprint density at radius 3 is 2.47 bits per heavy atom. The van der Waals surface area contributed by atoms with Crippen LogP contribution in [0.15, 0.2) is 0 Å². The fourth-order valence-corrected chi connectivity index (χ4v) is 2.62. The van der Waals surface area contributed by atoms with Crippen LogP contribution in [-0.2, 0) is 18.3 Å². The lowest BCUT2D eigenvalue weighted by Crippen LogP contribution is -2.49. The molecule has 1 saturated heterocycles. The predicted molar refractivity (Wildman–Crippen MR) is 60.0 cm³/mol. The molecule has 1 aliphatic heterocycles. The summed E-state index contributed by atoms with van der Waals surface area (Å²) < 4.78 is 21.7. The van der Waals surface area contributed by atoms with Crippen LogP contribution in [0.4, 0.5) is 0 Å². The molecule has 2 unspecified atom stereocenters. The van der Waals surface area contributed by atoms with E-state index in [2.05, 4.69) is 0 Å². The van der Waals surface area contributed by atoms with Gasteiger partial charge in [0.15, 0.2) is 0 Å². The minimum absolute atomic E-state index is 0.0626. The zero-order chi connectivity index (χ0) is 11.3. The van der Waals surface area contributed by atoms with Gasteiger partial charge in [-0.3, -0.25) is 0 Å². The molecule has 0 radical (unpaired) electrons. The maximum absolute atomic E-state index is 5.72. The van der Waals surface area contributed by atoms with Gasteiger partial charge in [-0.1, -0.05) is 0 Å². The van der Waals surface area contributed by atoms with E-state index in [1.54, 1.807) is 14.2 Å². The summed E-state index contributed by atoms with van der Waals surface area (Å²) in [6, 6.07) is 0. The second kappa shape index (κ2) is 5.96. The van der Waals surface area contributed by atoms with E-state index in [0.717, 1.165) is 26.1 Å². The van der Waals surface area contributed by atoms with Crippen molar-refractivity contribution in [1.82, 2.24) is 0 Å². The highest BCUT2D eigenvalue weighted by Gasteiger charge is 2.37. The Hall–Kier alpha value is 0.0569. The van der Waals surface area contributed by atoms with Crippen LogP contribution in [0.25, 0.3) is 0 Å². The Balaban J connectivity index is 2.12. The van der Waals surface area contributed by atoms with E-state index in [0.29, 0.717) is 6.10 Å². The summed E-state index contributed by atoms with van der Waals surface area (Å²) >= 11 is 0. The summed E-state index contributed by atoms with van der Waals surface area (Å²) in [4.78, 5) is 0. The Morgan fingerprint density at radius 1 is 1.40 bits per heavy atom. The lowest BCUT2D eigenvalue weighted by Gasteiger charge is -2.29. The molecule has 4 nitrogen and oxygen atoms in total.